The van der Waals surface area contributed by atoms with E-state index < -0.39 is 10.0 Å². The fourth-order valence-corrected chi connectivity index (χ4v) is 3.56. The molecule has 2 N–H and O–H groups in total. The number of anilines is 1. The molecule has 0 aliphatic heterocycles. The summed E-state index contributed by atoms with van der Waals surface area (Å²) in [6.07, 6.45) is 1.92. The van der Waals surface area contributed by atoms with Crippen LogP contribution in [0.4, 0.5) is 5.69 Å². The largest absolute Gasteiger partial charge is 0.392 e. The Labute approximate surface area is 133 Å². The summed E-state index contributed by atoms with van der Waals surface area (Å²) >= 11 is 7.46. The summed E-state index contributed by atoms with van der Waals surface area (Å²) in [6.45, 7) is -0.234. The van der Waals surface area contributed by atoms with Gasteiger partial charge >= 0.3 is 0 Å². The van der Waals surface area contributed by atoms with Crippen LogP contribution in [0.3, 0.4) is 0 Å². The minimum Gasteiger partial charge on any atom is -0.392 e. The average Bonchev–Trinajstić information content (AvgIpc) is 2.47. The van der Waals surface area contributed by atoms with E-state index in [1.807, 2.05) is 12.3 Å². The summed E-state index contributed by atoms with van der Waals surface area (Å²) in [5.41, 5.74) is 0.976. The molecule has 2 aromatic rings. The Morgan fingerprint density at radius 2 is 2.00 bits per heavy atom. The lowest BCUT2D eigenvalue weighted by molar-refractivity contribution is 0.282. The van der Waals surface area contributed by atoms with Gasteiger partial charge in [-0.3, -0.25) is 4.72 Å². The van der Waals surface area contributed by atoms with Gasteiger partial charge in [0.2, 0.25) is 0 Å². The van der Waals surface area contributed by atoms with Gasteiger partial charge in [0.25, 0.3) is 10.0 Å². The van der Waals surface area contributed by atoms with Crippen LogP contribution in [0.25, 0.3) is 0 Å². The van der Waals surface area contributed by atoms with E-state index in [4.69, 9.17) is 16.7 Å². The van der Waals surface area contributed by atoms with Gasteiger partial charge in [0.15, 0.2) is 0 Å². The van der Waals surface area contributed by atoms with Gasteiger partial charge in [-0.15, -0.1) is 11.8 Å². The Balaban J connectivity index is 2.31. The number of halogens is 1. The van der Waals surface area contributed by atoms with Gasteiger partial charge in [-0.2, -0.15) is 0 Å². The van der Waals surface area contributed by atoms with E-state index >= 15 is 0 Å². The molecule has 0 radical (unpaired) electrons. The van der Waals surface area contributed by atoms with E-state index in [0.29, 0.717) is 11.3 Å². The zero-order valence-electron chi connectivity index (χ0n) is 11.2. The van der Waals surface area contributed by atoms with E-state index in [0.717, 1.165) is 4.90 Å². The molecule has 0 heterocycles. The zero-order valence-corrected chi connectivity index (χ0v) is 13.6. The maximum Gasteiger partial charge on any atom is 0.261 e. The summed E-state index contributed by atoms with van der Waals surface area (Å²) in [7, 11) is -3.71. The second-order valence-corrected chi connectivity index (χ2v) is 7.22. The minimum atomic E-state index is -3.71. The van der Waals surface area contributed by atoms with Crippen molar-refractivity contribution in [3.05, 3.63) is 53.1 Å². The molecule has 0 aromatic heterocycles. The number of nitrogens with one attached hydrogen (secondary N) is 1. The summed E-state index contributed by atoms with van der Waals surface area (Å²) in [5, 5.41) is 9.27. The van der Waals surface area contributed by atoms with Gasteiger partial charge in [-0.25, -0.2) is 8.42 Å². The lowest BCUT2D eigenvalue weighted by atomic mass is 10.2. The molecular formula is C14H14ClNO3S2. The highest BCUT2D eigenvalue weighted by Crippen LogP contribution is 2.24. The summed E-state index contributed by atoms with van der Waals surface area (Å²) in [4.78, 5) is 1.02. The Hall–Kier alpha value is -1.21. The summed E-state index contributed by atoms with van der Waals surface area (Å²) < 4.78 is 27.1. The van der Waals surface area contributed by atoms with Crippen LogP contribution < -0.4 is 4.72 Å². The van der Waals surface area contributed by atoms with Crippen molar-refractivity contribution in [1.29, 1.82) is 0 Å². The van der Waals surface area contributed by atoms with E-state index in [9.17, 15) is 8.42 Å². The van der Waals surface area contributed by atoms with Crippen molar-refractivity contribution in [2.75, 3.05) is 11.0 Å². The highest BCUT2D eigenvalue weighted by atomic mass is 35.5. The highest BCUT2D eigenvalue weighted by Gasteiger charge is 2.16. The van der Waals surface area contributed by atoms with Gasteiger partial charge in [-0.1, -0.05) is 23.7 Å². The molecule has 0 saturated carbocycles. The van der Waals surface area contributed by atoms with Crippen LogP contribution in [0, 0.1) is 0 Å². The fraction of sp³-hybridized carbons (Fsp3) is 0.143. The van der Waals surface area contributed by atoms with Crippen LogP contribution in [0.5, 0.6) is 0 Å². The van der Waals surface area contributed by atoms with Crippen LogP contribution in [0.2, 0.25) is 5.02 Å². The van der Waals surface area contributed by atoms with Gasteiger partial charge in [0, 0.05) is 15.6 Å². The number of benzene rings is 2. The molecule has 2 rings (SSSR count). The number of thioether (sulfide) groups is 1. The third-order valence-corrected chi connectivity index (χ3v) is 5.28. The van der Waals surface area contributed by atoms with Crippen LogP contribution in [0.1, 0.15) is 5.56 Å². The van der Waals surface area contributed by atoms with Crippen molar-refractivity contribution < 1.29 is 13.5 Å². The van der Waals surface area contributed by atoms with Crippen LogP contribution in [0.15, 0.2) is 52.3 Å². The van der Waals surface area contributed by atoms with Crippen molar-refractivity contribution >= 4 is 39.1 Å². The van der Waals surface area contributed by atoms with Crippen LogP contribution in [-0.4, -0.2) is 19.8 Å². The molecule has 0 atom stereocenters. The number of sulfonamides is 1. The molecule has 112 valence electrons. The monoisotopic (exact) mass is 343 g/mol. The molecular weight excluding hydrogens is 330 g/mol. The summed E-state index contributed by atoms with van der Waals surface area (Å²) in [5.74, 6) is 0. The fourth-order valence-electron chi connectivity index (χ4n) is 1.72. The number of aliphatic hydroxyl groups is 1. The van der Waals surface area contributed by atoms with Gasteiger partial charge in [-0.05, 0) is 42.2 Å². The van der Waals surface area contributed by atoms with E-state index in [2.05, 4.69) is 4.72 Å². The standard InChI is InChI=1S/C14H14ClNO3S2/c1-20-12-4-2-3-11(7-12)16-21(18,19)13-6-5-10(9-17)14(15)8-13/h2-8,16-17H,9H2,1H3. The molecule has 0 saturated heterocycles. The molecule has 0 aliphatic carbocycles. The van der Waals surface area contributed by atoms with E-state index in [1.54, 1.807) is 18.2 Å². The third kappa shape index (κ3) is 3.91. The topological polar surface area (TPSA) is 66.4 Å². The molecule has 0 bridgehead atoms. The first-order chi connectivity index (χ1) is 9.96. The van der Waals surface area contributed by atoms with Crippen molar-refractivity contribution in [2.45, 2.75) is 16.4 Å². The summed E-state index contributed by atoms with van der Waals surface area (Å²) in [6, 6.07) is 11.4. The minimum absolute atomic E-state index is 0.0549. The first-order valence-corrected chi connectivity index (χ1v) is 9.11. The van der Waals surface area contributed by atoms with E-state index in [-0.39, 0.29) is 16.5 Å². The van der Waals surface area contributed by atoms with Crippen LogP contribution in [-0.2, 0) is 16.6 Å². The number of rotatable bonds is 5. The van der Waals surface area contributed by atoms with Gasteiger partial charge in [0.1, 0.15) is 0 Å². The molecule has 4 nitrogen and oxygen atoms in total. The zero-order chi connectivity index (χ0) is 15.5. The molecule has 21 heavy (non-hydrogen) atoms. The maximum absolute atomic E-state index is 12.3. The average molecular weight is 344 g/mol. The van der Waals surface area contributed by atoms with Crippen molar-refractivity contribution in [2.24, 2.45) is 0 Å². The SMILES string of the molecule is CSc1cccc(NS(=O)(=O)c2ccc(CO)c(Cl)c2)c1. The predicted octanol–water partition coefficient (Wildman–Crippen LogP) is 3.36. The van der Waals surface area contributed by atoms with E-state index in [1.165, 1.54) is 30.0 Å². The second-order valence-electron chi connectivity index (χ2n) is 4.25. The molecule has 7 heteroatoms. The Morgan fingerprint density at radius 1 is 1.24 bits per heavy atom. The number of hydrogen-bond acceptors (Lipinski definition) is 4. The highest BCUT2D eigenvalue weighted by molar-refractivity contribution is 7.98. The lowest BCUT2D eigenvalue weighted by Crippen LogP contribution is -2.13. The number of aliphatic hydroxyl groups excluding tert-OH is 1. The normalized spacial score (nSPS) is 11.4. The Kier molecular flexibility index (Phi) is 5.16. The van der Waals surface area contributed by atoms with Crippen molar-refractivity contribution in [3.8, 4) is 0 Å². The second kappa shape index (κ2) is 6.70. The lowest BCUT2D eigenvalue weighted by Gasteiger charge is -2.10. The first kappa shape index (κ1) is 16.2. The Morgan fingerprint density at radius 3 is 2.62 bits per heavy atom. The molecule has 0 spiro atoms. The quantitative estimate of drug-likeness (QED) is 0.817. The van der Waals surface area contributed by atoms with Crippen molar-refractivity contribution in [1.82, 2.24) is 0 Å². The molecule has 0 aliphatic rings. The molecule has 0 fully saturated rings. The van der Waals surface area contributed by atoms with Crippen LogP contribution >= 0.6 is 23.4 Å². The van der Waals surface area contributed by atoms with Gasteiger partial charge < -0.3 is 5.11 Å². The molecule has 0 unspecified atom stereocenters. The predicted molar refractivity (Wildman–Crippen MR) is 86.4 cm³/mol. The first-order valence-electron chi connectivity index (χ1n) is 6.02. The Bertz CT molecular complexity index is 748. The molecule has 2 aromatic carbocycles. The smallest absolute Gasteiger partial charge is 0.261 e. The third-order valence-electron chi connectivity index (χ3n) is 2.83. The number of hydrogen-bond donors (Lipinski definition) is 2. The maximum atomic E-state index is 12.3. The van der Waals surface area contributed by atoms with Crippen molar-refractivity contribution in [3.63, 3.8) is 0 Å². The van der Waals surface area contributed by atoms with Gasteiger partial charge in [0.05, 0.1) is 11.5 Å². The molecule has 0 amide bonds.